The lowest BCUT2D eigenvalue weighted by Crippen LogP contribution is -2.16. The molecule has 4 heteroatoms. The minimum Gasteiger partial charge on any atom is -0.293 e. The molecule has 72 valence electrons. The molecule has 0 aliphatic carbocycles. The molecule has 0 saturated heterocycles. The van der Waals surface area contributed by atoms with E-state index in [1.807, 2.05) is 22.6 Å². The standard InChI is InChI=1S/C10H7FINO/c1-5-4-13-9-6(10(5)14)2-3-7(11)8(9)12/h2-5H,1H3. The fraction of sp³-hybridized carbons (Fsp3) is 0.200. The molecular weight excluding hydrogens is 296 g/mol. The zero-order valence-corrected chi connectivity index (χ0v) is 9.58. The molecule has 0 N–H and O–H groups in total. The lowest BCUT2D eigenvalue weighted by Gasteiger charge is -2.14. The minimum atomic E-state index is -0.330. The number of Topliss-reactive ketones (excluding diaryl/α,β-unsaturated/α-hetero) is 1. The van der Waals surface area contributed by atoms with E-state index in [0.717, 1.165) is 0 Å². The van der Waals surface area contributed by atoms with Gasteiger partial charge in [0.1, 0.15) is 5.82 Å². The number of aliphatic imine (C=N–C) groups is 1. The molecule has 2 rings (SSSR count). The summed E-state index contributed by atoms with van der Waals surface area (Å²) in [5, 5.41) is 0. The smallest absolute Gasteiger partial charge is 0.173 e. The van der Waals surface area contributed by atoms with Gasteiger partial charge in [0.15, 0.2) is 5.78 Å². The van der Waals surface area contributed by atoms with Gasteiger partial charge in [-0.2, -0.15) is 0 Å². The first-order valence-corrected chi connectivity index (χ1v) is 5.25. The Hall–Kier alpha value is -0.780. The van der Waals surface area contributed by atoms with Gasteiger partial charge in [-0.25, -0.2) is 4.39 Å². The van der Waals surface area contributed by atoms with Crippen molar-refractivity contribution >= 4 is 40.3 Å². The third-order valence-electron chi connectivity index (χ3n) is 2.18. The fourth-order valence-electron chi connectivity index (χ4n) is 1.36. The van der Waals surface area contributed by atoms with Gasteiger partial charge >= 0.3 is 0 Å². The van der Waals surface area contributed by atoms with E-state index in [0.29, 0.717) is 14.8 Å². The molecule has 0 fully saturated rings. The van der Waals surface area contributed by atoms with Gasteiger partial charge in [0.25, 0.3) is 0 Å². The maximum Gasteiger partial charge on any atom is 0.173 e. The first kappa shape index (κ1) is 9.76. The third kappa shape index (κ3) is 1.37. The van der Waals surface area contributed by atoms with Crippen LogP contribution in [-0.4, -0.2) is 12.0 Å². The molecule has 0 radical (unpaired) electrons. The topological polar surface area (TPSA) is 29.4 Å². The Bertz CT molecular complexity index is 442. The second kappa shape index (κ2) is 3.42. The zero-order chi connectivity index (χ0) is 10.3. The van der Waals surface area contributed by atoms with Crippen molar-refractivity contribution in [2.45, 2.75) is 6.92 Å². The quantitative estimate of drug-likeness (QED) is 0.678. The number of carbonyl (C=O) groups excluding carboxylic acids is 1. The zero-order valence-electron chi connectivity index (χ0n) is 7.42. The fourth-order valence-corrected chi connectivity index (χ4v) is 1.97. The third-order valence-corrected chi connectivity index (χ3v) is 3.20. The van der Waals surface area contributed by atoms with E-state index in [1.165, 1.54) is 12.1 Å². The van der Waals surface area contributed by atoms with Crippen molar-refractivity contribution in [1.29, 1.82) is 0 Å². The second-order valence-corrected chi connectivity index (χ2v) is 4.27. The number of fused-ring (bicyclic) bond motifs is 1. The van der Waals surface area contributed by atoms with Crippen LogP contribution in [0.5, 0.6) is 0 Å². The Labute approximate surface area is 94.4 Å². The molecule has 0 spiro atoms. The van der Waals surface area contributed by atoms with E-state index < -0.39 is 0 Å². The van der Waals surface area contributed by atoms with E-state index in [9.17, 15) is 9.18 Å². The number of carbonyl (C=O) groups is 1. The molecule has 14 heavy (non-hydrogen) atoms. The van der Waals surface area contributed by atoms with E-state index >= 15 is 0 Å². The summed E-state index contributed by atoms with van der Waals surface area (Å²) in [5.41, 5.74) is 0.986. The summed E-state index contributed by atoms with van der Waals surface area (Å²) in [6, 6.07) is 2.81. The number of hydrogen-bond donors (Lipinski definition) is 0. The van der Waals surface area contributed by atoms with Crippen molar-refractivity contribution in [2.24, 2.45) is 10.9 Å². The molecular formula is C10H7FINO. The lowest BCUT2D eigenvalue weighted by molar-refractivity contribution is 0.0962. The summed E-state index contributed by atoms with van der Waals surface area (Å²) in [7, 11) is 0. The molecule has 0 bridgehead atoms. The van der Waals surface area contributed by atoms with Crippen molar-refractivity contribution in [2.75, 3.05) is 0 Å². The molecule has 0 aromatic heterocycles. The van der Waals surface area contributed by atoms with Crippen LogP contribution in [0.25, 0.3) is 0 Å². The highest BCUT2D eigenvalue weighted by atomic mass is 127. The van der Waals surface area contributed by atoms with Crippen molar-refractivity contribution in [3.8, 4) is 0 Å². The summed E-state index contributed by atoms with van der Waals surface area (Å²) < 4.78 is 13.6. The summed E-state index contributed by atoms with van der Waals surface area (Å²) in [6.45, 7) is 1.78. The van der Waals surface area contributed by atoms with Crippen LogP contribution in [0.4, 0.5) is 10.1 Å². The largest absolute Gasteiger partial charge is 0.293 e. The number of benzene rings is 1. The van der Waals surface area contributed by atoms with Crippen LogP contribution in [0.3, 0.4) is 0 Å². The van der Waals surface area contributed by atoms with E-state index in [-0.39, 0.29) is 17.5 Å². The number of rotatable bonds is 0. The molecule has 1 aromatic rings. The van der Waals surface area contributed by atoms with E-state index in [2.05, 4.69) is 4.99 Å². The van der Waals surface area contributed by atoms with Gasteiger partial charge in [0, 0.05) is 11.8 Å². The van der Waals surface area contributed by atoms with Crippen molar-refractivity contribution < 1.29 is 9.18 Å². The van der Waals surface area contributed by atoms with Gasteiger partial charge in [-0.15, -0.1) is 0 Å². The molecule has 1 atom stereocenters. The Balaban J connectivity index is 2.68. The summed E-state index contributed by atoms with van der Waals surface area (Å²) >= 11 is 1.86. The van der Waals surface area contributed by atoms with Crippen LogP contribution >= 0.6 is 22.6 Å². The molecule has 0 saturated carbocycles. The summed E-state index contributed by atoms with van der Waals surface area (Å²) in [6.07, 6.45) is 1.56. The van der Waals surface area contributed by atoms with Crippen LogP contribution < -0.4 is 0 Å². The van der Waals surface area contributed by atoms with Gasteiger partial charge in [-0.05, 0) is 34.7 Å². The van der Waals surface area contributed by atoms with Crippen LogP contribution in [0, 0.1) is 15.3 Å². The van der Waals surface area contributed by atoms with Gasteiger partial charge in [0.05, 0.1) is 15.2 Å². The van der Waals surface area contributed by atoms with E-state index in [1.54, 1.807) is 13.1 Å². The number of hydrogen-bond acceptors (Lipinski definition) is 2. The molecule has 0 amide bonds. The Morgan fingerprint density at radius 3 is 2.93 bits per heavy atom. The van der Waals surface area contributed by atoms with Gasteiger partial charge in [0.2, 0.25) is 0 Å². The summed E-state index contributed by atoms with van der Waals surface area (Å²) in [4.78, 5) is 15.8. The van der Waals surface area contributed by atoms with Crippen LogP contribution in [0.1, 0.15) is 17.3 Å². The Kier molecular flexibility index (Phi) is 2.38. The average molecular weight is 303 g/mol. The van der Waals surface area contributed by atoms with E-state index in [4.69, 9.17) is 0 Å². The first-order valence-electron chi connectivity index (χ1n) is 4.17. The highest BCUT2D eigenvalue weighted by molar-refractivity contribution is 14.1. The molecule has 1 heterocycles. The average Bonchev–Trinajstić information content (AvgIpc) is 2.17. The number of halogens is 2. The first-order chi connectivity index (χ1) is 6.61. The van der Waals surface area contributed by atoms with Gasteiger partial charge < -0.3 is 0 Å². The maximum absolute atomic E-state index is 13.1. The molecule has 1 unspecified atom stereocenters. The van der Waals surface area contributed by atoms with Crippen LogP contribution in [-0.2, 0) is 0 Å². The highest BCUT2D eigenvalue weighted by Gasteiger charge is 2.23. The molecule has 1 aromatic carbocycles. The SMILES string of the molecule is CC1C=Nc2c(ccc(F)c2I)C1=O. The summed E-state index contributed by atoms with van der Waals surface area (Å²) in [5.74, 6) is -0.527. The van der Waals surface area contributed by atoms with Gasteiger partial charge in [-0.3, -0.25) is 9.79 Å². The van der Waals surface area contributed by atoms with Crippen molar-refractivity contribution in [1.82, 2.24) is 0 Å². The highest BCUT2D eigenvalue weighted by Crippen LogP contribution is 2.32. The number of nitrogens with zero attached hydrogens (tertiary/aromatic N) is 1. The molecule has 2 nitrogen and oxygen atoms in total. The monoisotopic (exact) mass is 303 g/mol. The predicted octanol–water partition coefficient (Wildman–Crippen LogP) is 2.97. The van der Waals surface area contributed by atoms with Crippen LogP contribution in [0.15, 0.2) is 17.1 Å². The van der Waals surface area contributed by atoms with Crippen LogP contribution in [0.2, 0.25) is 0 Å². The predicted molar refractivity (Wildman–Crippen MR) is 60.8 cm³/mol. The molecule has 1 aliphatic rings. The Morgan fingerprint density at radius 2 is 2.21 bits per heavy atom. The van der Waals surface area contributed by atoms with Crippen molar-refractivity contribution in [3.05, 3.63) is 27.1 Å². The second-order valence-electron chi connectivity index (χ2n) is 3.19. The normalized spacial score (nSPS) is 19.6. The Morgan fingerprint density at radius 1 is 1.50 bits per heavy atom. The minimum absolute atomic E-state index is 0.00733. The molecule has 1 aliphatic heterocycles. The van der Waals surface area contributed by atoms with Gasteiger partial charge in [-0.1, -0.05) is 6.92 Å². The van der Waals surface area contributed by atoms with Crippen molar-refractivity contribution in [3.63, 3.8) is 0 Å². The maximum atomic E-state index is 13.1. The number of ketones is 1. The lowest BCUT2D eigenvalue weighted by atomic mass is 9.96.